The highest BCUT2D eigenvalue weighted by atomic mass is 16.5. The van der Waals surface area contributed by atoms with Crippen molar-refractivity contribution in [3.8, 4) is 5.75 Å². The minimum Gasteiger partial charge on any atom is -0.496 e. The SMILES string of the molecule is COc1ccccc1CC(=O)NC(C)c1ncn[nH]1. The summed E-state index contributed by atoms with van der Waals surface area (Å²) in [5.74, 6) is 1.26. The van der Waals surface area contributed by atoms with Crippen molar-refractivity contribution < 1.29 is 9.53 Å². The molecule has 1 amide bonds. The molecule has 0 saturated carbocycles. The van der Waals surface area contributed by atoms with Crippen LogP contribution >= 0.6 is 0 Å². The number of methoxy groups -OCH3 is 1. The van der Waals surface area contributed by atoms with Crippen molar-refractivity contribution in [3.05, 3.63) is 42.0 Å². The fourth-order valence-corrected chi connectivity index (χ4v) is 1.81. The maximum Gasteiger partial charge on any atom is 0.225 e. The highest BCUT2D eigenvalue weighted by Gasteiger charge is 2.13. The first-order valence-electron chi connectivity index (χ1n) is 5.97. The summed E-state index contributed by atoms with van der Waals surface area (Å²) in [6, 6.07) is 7.26. The second-order valence-electron chi connectivity index (χ2n) is 4.15. The van der Waals surface area contributed by atoms with E-state index in [9.17, 15) is 4.79 Å². The van der Waals surface area contributed by atoms with Crippen LogP contribution < -0.4 is 10.1 Å². The van der Waals surface area contributed by atoms with Gasteiger partial charge in [0, 0.05) is 5.56 Å². The molecule has 0 radical (unpaired) electrons. The van der Waals surface area contributed by atoms with Gasteiger partial charge in [-0.3, -0.25) is 9.89 Å². The average Bonchev–Trinajstić information content (AvgIpc) is 2.93. The molecule has 0 spiro atoms. The Morgan fingerprint density at radius 3 is 2.95 bits per heavy atom. The minimum atomic E-state index is -0.204. The molecule has 100 valence electrons. The van der Waals surface area contributed by atoms with Gasteiger partial charge >= 0.3 is 0 Å². The van der Waals surface area contributed by atoms with Crippen LogP contribution in [-0.4, -0.2) is 28.2 Å². The van der Waals surface area contributed by atoms with E-state index in [1.165, 1.54) is 6.33 Å². The number of para-hydroxylation sites is 1. The molecule has 1 aromatic heterocycles. The number of rotatable bonds is 5. The number of benzene rings is 1. The molecule has 1 atom stereocenters. The number of hydrogen-bond acceptors (Lipinski definition) is 4. The van der Waals surface area contributed by atoms with Crippen molar-refractivity contribution in [3.63, 3.8) is 0 Å². The Kier molecular flexibility index (Phi) is 4.12. The zero-order valence-electron chi connectivity index (χ0n) is 10.9. The van der Waals surface area contributed by atoms with Crippen molar-refractivity contribution in [2.45, 2.75) is 19.4 Å². The van der Waals surface area contributed by atoms with E-state index >= 15 is 0 Å². The summed E-state index contributed by atoms with van der Waals surface area (Å²) in [5, 5.41) is 9.34. The highest BCUT2D eigenvalue weighted by molar-refractivity contribution is 5.79. The van der Waals surface area contributed by atoms with E-state index in [4.69, 9.17) is 4.74 Å². The summed E-state index contributed by atoms with van der Waals surface area (Å²) in [5.41, 5.74) is 0.854. The smallest absolute Gasteiger partial charge is 0.225 e. The topological polar surface area (TPSA) is 79.9 Å². The van der Waals surface area contributed by atoms with Crippen LogP contribution in [0, 0.1) is 0 Å². The number of amides is 1. The number of ether oxygens (including phenoxy) is 1. The Hall–Kier alpha value is -2.37. The molecule has 6 heteroatoms. The Balaban J connectivity index is 1.98. The minimum absolute atomic E-state index is 0.0894. The molecule has 2 rings (SSSR count). The third-order valence-electron chi connectivity index (χ3n) is 2.76. The molecule has 0 bridgehead atoms. The first-order chi connectivity index (χ1) is 9.20. The second kappa shape index (κ2) is 5.99. The fourth-order valence-electron chi connectivity index (χ4n) is 1.81. The molecular formula is C13H16N4O2. The number of H-pyrrole nitrogens is 1. The lowest BCUT2D eigenvalue weighted by Crippen LogP contribution is -2.28. The normalized spacial score (nSPS) is 11.9. The van der Waals surface area contributed by atoms with Crippen LogP contribution in [0.4, 0.5) is 0 Å². The predicted molar refractivity (Wildman–Crippen MR) is 69.6 cm³/mol. The van der Waals surface area contributed by atoms with Gasteiger partial charge in [-0.05, 0) is 13.0 Å². The van der Waals surface area contributed by atoms with Crippen LogP contribution in [0.2, 0.25) is 0 Å². The molecule has 0 aliphatic carbocycles. The van der Waals surface area contributed by atoms with E-state index in [0.29, 0.717) is 11.6 Å². The summed E-state index contributed by atoms with van der Waals surface area (Å²) in [7, 11) is 1.59. The Morgan fingerprint density at radius 2 is 2.26 bits per heavy atom. The van der Waals surface area contributed by atoms with Crippen LogP contribution in [0.1, 0.15) is 24.4 Å². The maximum atomic E-state index is 12.0. The zero-order valence-corrected chi connectivity index (χ0v) is 10.9. The molecular weight excluding hydrogens is 244 g/mol. The van der Waals surface area contributed by atoms with Gasteiger partial charge in [0.15, 0.2) is 0 Å². The third-order valence-corrected chi connectivity index (χ3v) is 2.76. The quantitative estimate of drug-likeness (QED) is 0.847. The molecule has 0 aliphatic rings. The Bertz CT molecular complexity index is 539. The van der Waals surface area contributed by atoms with E-state index in [-0.39, 0.29) is 18.4 Å². The van der Waals surface area contributed by atoms with Crippen LogP contribution in [0.15, 0.2) is 30.6 Å². The Morgan fingerprint density at radius 1 is 1.47 bits per heavy atom. The van der Waals surface area contributed by atoms with Crippen molar-refractivity contribution in [1.82, 2.24) is 20.5 Å². The summed E-state index contributed by atoms with van der Waals surface area (Å²) in [4.78, 5) is 16.0. The average molecular weight is 260 g/mol. The van der Waals surface area contributed by atoms with E-state index < -0.39 is 0 Å². The van der Waals surface area contributed by atoms with Crippen LogP contribution in [0.25, 0.3) is 0 Å². The van der Waals surface area contributed by atoms with Gasteiger partial charge < -0.3 is 10.1 Å². The molecule has 1 heterocycles. The van der Waals surface area contributed by atoms with Crippen molar-refractivity contribution in [2.75, 3.05) is 7.11 Å². The number of carbonyl (C=O) groups is 1. The van der Waals surface area contributed by atoms with E-state index in [0.717, 1.165) is 5.56 Å². The van der Waals surface area contributed by atoms with Gasteiger partial charge in [0.25, 0.3) is 0 Å². The fraction of sp³-hybridized carbons (Fsp3) is 0.308. The van der Waals surface area contributed by atoms with Gasteiger partial charge in [-0.25, -0.2) is 4.98 Å². The number of carbonyl (C=O) groups excluding carboxylic acids is 1. The van der Waals surface area contributed by atoms with Gasteiger partial charge in [-0.1, -0.05) is 18.2 Å². The number of aromatic nitrogens is 3. The number of hydrogen-bond donors (Lipinski definition) is 2. The number of nitrogens with one attached hydrogen (secondary N) is 2. The van der Waals surface area contributed by atoms with Gasteiger partial charge in [0.05, 0.1) is 19.6 Å². The molecule has 0 fully saturated rings. The van der Waals surface area contributed by atoms with E-state index in [2.05, 4.69) is 20.5 Å². The van der Waals surface area contributed by atoms with Gasteiger partial charge in [0.1, 0.15) is 17.9 Å². The molecule has 0 aliphatic heterocycles. The van der Waals surface area contributed by atoms with Crippen molar-refractivity contribution in [1.29, 1.82) is 0 Å². The first-order valence-corrected chi connectivity index (χ1v) is 5.97. The summed E-state index contributed by atoms with van der Waals surface area (Å²) >= 11 is 0. The largest absolute Gasteiger partial charge is 0.496 e. The molecule has 0 saturated heterocycles. The van der Waals surface area contributed by atoms with Crippen molar-refractivity contribution in [2.24, 2.45) is 0 Å². The highest BCUT2D eigenvalue weighted by Crippen LogP contribution is 2.18. The van der Waals surface area contributed by atoms with E-state index in [1.54, 1.807) is 7.11 Å². The molecule has 2 aromatic rings. The van der Waals surface area contributed by atoms with Gasteiger partial charge in [-0.2, -0.15) is 5.10 Å². The summed E-state index contributed by atoms with van der Waals surface area (Å²) < 4.78 is 5.21. The van der Waals surface area contributed by atoms with Crippen LogP contribution in [0.3, 0.4) is 0 Å². The molecule has 6 nitrogen and oxygen atoms in total. The van der Waals surface area contributed by atoms with Gasteiger partial charge in [0.2, 0.25) is 5.91 Å². The summed E-state index contributed by atoms with van der Waals surface area (Å²) in [6.45, 7) is 1.85. The third kappa shape index (κ3) is 3.31. The lowest BCUT2D eigenvalue weighted by Gasteiger charge is -2.12. The van der Waals surface area contributed by atoms with Crippen molar-refractivity contribution >= 4 is 5.91 Å². The predicted octanol–water partition coefficient (Wildman–Crippen LogP) is 1.23. The summed E-state index contributed by atoms with van der Waals surface area (Å²) in [6.07, 6.45) is 1.68. The second-order valence-corrected chi connectivity index (χ2v) is 4.15. The van der Waals surface area contributed by atoms with Gasteiger partial charge in [-0.15, -0.1) is 0 Å². The standard InChI is InChI=1S/C13H16N4O2/c1-9(13-14-8-15-17-13)16-12(18)7-10-5-3-4-6-11(10)19-2/h3-6,8-9H,7H2,1-2H3,(H,16,18)(H,14,15,17). The van der Waals surface area contributed by atoms with E-state index in [1.807, 2.05) is 31.2 Å². The lowest BCUT2D eigenvalue weighted by atomic mass is 10.1. The molecule has 19 heavy (non-hydrogen) atoms. The Labute approximate surface area is 111 Å². The number of nitrogens with zero attached hydrogens (tertiary/aromatic N) is 2. The maximum absolute atomic E-state index is 12.0. The molecule has 1 aromatic carbocycles. The first kappa shape index (κ1) is 13.1. The molecule has 1 unspecified atom stereocenters. The number of aromatic amines is 1. The lowest BCUT2D eigenvalue weighted by molar-refractivity contribution is -0.121. The molecule has 2 N–H and O–H groups in total. The van der Waals surface area contributed by atoms with Crippen LogP contribution in [0.5, 0.6) is 5.75 Å². The van der Waals surface area contributed by atoms with Crippen LogP contribution in [-0.2, 0) is 11.2 Å². The monoisotopic (exact) mass is 260 g/mol. The zero-order chi connectivity index (χ0) is 13.7.